The largest absolute Gasteiger partial charge is 0.483 e. The third kappa shape index (κ3) is 10.2. The molecule has 244 valence electrons. The molecule has 0 saturated carbocycles. The first-order valence-electron chi connectivity index (χ1n) is 13.9. The van der Waals surface area contributed by atoms with Gasteiger partial charge in [0.25, 0.3) is 5.91 Å². The molecule has 1 aliphatic heterocycles. The summed E-state index contributed by atoms with van der Waals surface area (Å²) >= 11 is 0. The first kappa shape index (κ1) is 33.8. The summed E-state index contributed by atoms with van der Waals surface area (Å²) in [6.45, 7) is 6.24. The summed E-state index contributed by atoms with van der Waals surface area (Å²) < 4.78 is 63.2. The molecule has 3 heterocycles. The molecule has 15 nitrogen and oxygen atoms in total. The average Bonchev–Trinajstić information content (AvgIpc) is 3.55. The molecule has 2 atom stereocenters. The lowest BCUT2D eigenvalue weighted by Gasteiger charge is -2.29. The molecule has 0 spiro atoms. The molecule has 2 aromatic heterocycles. The van der Waals surface area contributed by atoms with Crippen LogP contribution in [-0.2, 0) is 29.7 Å². The first-order valence-corrected chi connectivity index (χ1v) is 17.8. The summed E-state index contributed by atoms with van der Waals surface area (Å²) in [5.41, 5.74) is 0.828. The van der Waals surface area contributed by atoms with Crippen LogP contribution in [0.5, 0.6) is 5.75 Å². The fraction of sp³-hybridized carbons (Fsp3) is 0.429. The van der Waals surface area contributed by atoms with Gasteiger partial charge in [-0.15, -0.1) is 0 Å². The van der Waals surface area contributed by atoms with Crippen molar-refractivity contribution in [3.05, 3.63) is 60.1 Å². The molecule has 1 aliphatic rings. The lowest BCUT2D eigenvalue weighted by atomic mass is 9.93. The second kappa shape index (κ2) is 13.1. The Hall–Kier alpha value is -4.06. The zero-order valence-corrected chi connectivity index (χ0v) is 27.2. The van der Waals surface area contributed by atoms with Crippen molar-refractivity contribution in [2.75, 3.05) is 53.8 Å². The van der Waals surface area contributed by atoms with E-state index in [0.717, 1.165) is 12.5 Å². The summed E-state index contributed by atoms with van der Waals surface area (Å²) in [5.74, 6) is 0.561. The number of urea groups is 1. The van der Waals surface area contributed by atoms with Crippen LogP contribution < -0.4 is 20.7 Å². The van der Waals surface area contributed by atoms with Crippen LogP contribution in [0, 0.1) is 0 Å². The van der Waals surface area contributed by atoms with E-state index in [2.05, 4.69) is 26.1 Å². The second-order valence-electron chi connectivity index (χ2n) is 11.9. The summed E-state index contributed by atoms with van der Waals surface area (Å²) in [5, 5.41) is 11.9. The highest BCUT2D eigenvalue weighted by Crippen LogP contribution is 2.27. The van der Waals surface area contributed by atoms with Crippen molar-refractivity contribution in [2.45, 2.75) is 38.7 Å². The second-order valence-corrected chi connectivity index (χ2v) is 15.8. The predicted molar refractivity (Wildman–Crippen MR) is 166 cm³/mol. The highest BCUT2D eigenvalue weighted by atomic mass is 32.2. The number of hydroxylamine groups is 3. The minimum absolute atomic E-state index is 0.0332. The normalized spacial score (nSPS) is 18.7. The number of amides is 3. The summed E-state index contributed by atoms with van der Waals surface area (Å²) in [6, 6.07) is 10.7. The van der Waals surface area contributed by atoms with Gasteiger partial charge in [-0.05, 0) is 36.4 Å². The van der Waals surface area contributed by atoms with Crippen molar-refractivity contribution in [1.82, 2.24) is 10.1 Å². The summed E-state index contributed by atoms with van der Waals surface area (Å²) in [6.07, 6.45) is 3.34. The number of rotatable bonds is 11. The number of likely N-dealkylation sites (tertiary alicyclic amines) is 1. The molecule has 17 heteroatoms. The van der Waals surface area contributed by atoms with Crippen molar-refractivity contribution in [2.24, 2.45) is 0 Å². The number of carbonyl (C=O) groups excluding carboxylic acids is 2. The fourth-order valence-corrected chi connectivity index (χ4v) is 5.98. The number of ether oxygens (including phenoxy) is 1. The van der Waals surface area contributed by atoms with Crippen LogP contribution >= 0.6 is 0 Å². The maximum absolute atomic E-state index is 12.7. The standard InChI is InChI=1S/C28H36N6O9S2/c1-28(2,3)24-16-25(33-42-24)32-27(36)31-20-8-6-19(7-9-20)30-26(35)23-11-10-21(17-29-23)41-22-12-13-34(18-22,43-45(5,39)40)14-15-44(4,37)38/h6-11,16-17,22H,12-15,18H2,1-5H3,(H2-,29,30,31,32,33,35,36)/p+1. The molecule has 4 rings (SSSR count). The van der Waals surface area contributed by atoms with Gasteiger partial charge in [0.2, 0.25) is 0 Å². The molecule has 1 aromatic carbocycles. The van der Waals surface area contributed by atoms with E-state index >= 15 is 0 Å². The smallest absolute Gasteiger partial charge is 0.324 e. The molecular weight excluding hydrogens is 628 g/mol. The zero-order valence-electron chi connectivity index (χ0n) is 25.6. The monoisotopic (exact) mass is 665 g/mol. The Kier molecular flexibility index (Phi) is 9.86. The van der Waals surface area contributed by atoms with Crippen molar-refractivity contribution >= 4 is 49.1 Å². The Bertz CT molecular complexity index is 1740. The number of aromatic nitrogens is 2. The van der Waals surface area contributed by atoms with E-state index in [4.69, 9.17) is 13.5 Å². The van der Waals surface area contributed by atoms with Crippen LogP contribution in [0.2, 0.25) is 0 Å². The van der Waals surface area contributed by atoms with Crippen molar-refractivity contribution in [3.63, 3.8) is 0 Å². The summed E-state index contributed by atoms with van der Waals surface area (Å²) in [4.78, 5) is 29.2. The van der Waals surface area contributed by atoms with E-state index < -0.39 is 38.0 Å². The highest BCUT2D eigenvalue weighted by Gasteiger charge is 2.45. The van der Waals surface area contributed by atoms with Gasteiger partial charge in [0.1, 0.15) is 42.6 Å². The molecule has 3 N–H and O–H groups in total. The maximum Gasteiger partial charge on any atom is 0.324 e. The molecule has 0 radical (unpaired) electrons. The van der Waals surface area contributed by atoms with E-state index in [9.17, 15) is 26.4 Å². The minimum Gasteiger partial charge on any atom is -0.483 e. The van der Waals surface area contributed by atoms with Gasteiger partial charge in [-0.1, -0.05) is 30.2 Å². The van der Waals surface area contributed by atoms with Crippen molar-refractivity contribution < 1.29 is 44.6 Å². The van der Waals surface area contributed by atoms with Gasteiger partial charge in [0, 0.05) is 35.5 Å². The van der Waals surface area contributed by atoms with E-state index in [0.29, 0.717) is 29.3 Å². The zero-order chi connectivity index (χ0) is 33.0. The lowest BCUT2D eigenvalue weighted by molar-refractivity contribution is -1.07. The van der Waals surface area contributed by atoms with Crippen LogP contribution in [0.1, 0.15) is 43.4 Å². The molecule has 0 aliphatic carbocycles. The van der Waals surface area contributed by atoms with Crippen LogP contribution in [-0.4, -0.2) is 87.6 Å². The minimum atomic E-state index is -3.86. The molecule has 3 aromatic rings. The third-order valence-electron chi connectivity index (χ3n) is 6.72. The Morgan fingerprint density at radius 3 is 2.22 bits per heavy atom. The fourth-order valence-electron chi connectivity index (χ4n) is 4.53. The number of nitrogens with one attached hydrogen (secondary N) is 3. The third-order valence-corrected chi connectivity index (χ3v) is 8.23. The SMILES string of the molecule is CC(C)(C)c1cc(NC(=O)Nc2ccc(NC(=O)c3ccc(OC4CC[N+](CCS(C)(=O)=O)(OS(C)(=O)=O)C4)cn3)cc2)no1. The average molecular weight is 666 g/mol. The number of quaternary nitrogens is 1. The number of carbonyl (C=O) groups is 2. The molecule has 1 saturated heterocycles. The number of hydrogen-bond acceptors (Lipinski definition) is 11. The van der Waals surface area contributed by atoms with Gasteiger partial charge in [-0.25, -0.2) is 18.2 Å². The number of nitrogens with zero attached hydrogens (tertiary/aromatic N) is 3. The Morgan fingerprint density at radius 2 is 1.67 bits per heavy atom. The van der Waals surface area contributed by atoms with Gasteiger partial charge >= 0.3 is 16.1 Å². The van der Waals surface area contributed by atoms with Crippen LogP contribution in [0.4, 0.5) is 22.0 Å². The number of hydrogen-bond donors (Lipinski definition) is 3. The topological polar surface area (TPSA) is 196 Å². The first-order chi connectivity index (χ1) is 20.9. The highest BCUT2D eigenvalue weighted by molar-refractivity contribution is 7.90. The molecule has 3 amide bonds. The van der Waals surface area contributed by atoms with Gasteiger partial charge in [-0.2, -0.15) is 13.1 Å². The quantitative estimate of drug-likeness (QED) is 0.255. The molecule has 2 unspecified atom stereocenters. The number of anilines is 3. The van der Waals surface area contributed by atoms with Gasteiger partial charge in [0.15, 0.2) is 21.8 Å². The van der Waals surface area contributed by atoms with E-state index in [1.165, 1.54) is 12.3 Å². The number of pyridine rings is 1. The Labute approximate surface area is 261 Å². The van der Waals surface area contributed by atoms with Gasteiger partial charge < -0.3 is 19.9 Å². The maximum atomic E-state index is 12.7. The molecule has 1 fully saturated rings. The Morgan fingerprint density at radius 1 is 1.00 bits per heavy atom. The van der Waals surface area contributed by atoms with Gasteiger partial charge in [0.05, 0.1) is 12.5 Å². The van der Waals surface area contributed by atoms with E-state index in [1.807, 2.05) is 20.8 Å². The van der Waals surface area contributed by atoms with Crippen LogP contribution in [0.3, 0.4) is 0 Å². The molecular formula is C28H37N6O9S2+. The van der Waals surface area contributed by atoms with E-state index in [1.54, 1.807) is 36.4 Å². The Balaban J connectivity index is 1.29. The van der Waals surface area contributed by atoms with Crippen LogP contribution in [0.25, 0.3) is 0 Å². The lowest BCUT2D eigenvalue weighted by Crippen LogP contribution is -2.50. The predicted octanol–water partition coefficient (Wildman–Crippen LogP) is 3.17. The van der Waals surface area contributed by atoms with Crippen LogP contribution in [0.15, 0.2) is 53.2 Å². The number of sulfone groups is 1. The van der Waals surface area contributed by atoms with Crippen molar-refractivity contribution in [3.8, 4) is 5.75 Å². The van der Waals surface area contributed by atoms with E-state index in [-0.39, 0.29) is 47.0 Å². The van der Waals surface area contributed by atoms with Crippen molar-refractivity contribution in [1.29, 1.82) is 0 Å². The molecule has 0 bridgehead atoms. The summed E-state index contributed by atoms with van der Waals surface area (Å²) in [7, 11) is -7.20. The molecule has 45 heavy (non-hydrogen) atoms. The number of benzene rings is 1. The van der Waals surface area contributed by atoms with Gasteiger partial charge in [-0.3, -0.25) is 10.1 Å².